The molecule has 0 unspecified atom stereocenters. The first-order valence-corrected chi connectivity index (χ1v) is 11.6. The number of carbonyl (C=O) groups is 1. The summed E-state index contributed by atoms with van der Waals surface area (Å²) >= 11 is 1.41. The van der Waals surface area contributed by atoms with Gasteiger partial charge in [0.15, 0.2) is 0 Å². The largest absolute Gasteiger partial charge is 0.355 e. The van der Waals surface area contributed by atoms with Gasteiger partial charge in [0.1, 0.15) is 4.70 Å². The van der Waals surface area contributed by atoms with Crippen LogP contribution in [0.15, 0.2) is 46.6 Å². The van der Waals surface area contributed by atoms with Gasteiger partial charge in [0, 0.05) is 32.6 Å². The van der Waals surface area contributed by atoms with Crippen molar-refractivity contribution in [1.29, 1.82) is 0 Å². The van der Waals surface area contributed by atoms with Crippen LogP contribution in [0.2, 0.25) is 0 Å². The fourth-order valence-corrected chi connectivity index (χ4v) is 4.72. The van der Waals surface area contributed by atoms with Crippen molar-refractivity contribution in [2.45, 2.75) is 45.1 Å². The van der Waals surface area contributed by atoms with E-state index in [-0.39, 0.29) is 23.8 Å². The van der Waals surface area contributed by atoms with Crippen molar-refractivity contribution in [3.8, 4) is 0 Å². The fourth-order valence-electron chi connectivity index (χ4n) is 3.94. The van der Waals surface area contributed by atoms with E-state index < -0.39 is 0 Å². The second-order valence-corrected chi connectivity index (χ2v) is 8.83. The third kappa shape index (κ3) is 4.56. The summed E-state index contributed by atoms with van der Waals surface area (Å²) in [7, 11) is 0. The van der Waals surface area contributed by atoms with Crippen molar-refractivity contribution < 1.29 is 4.79 Å². The molecule has 1 atom stereocenters. The van der Waals surface area contributed by atoms with Crippen molar-refractivity contribution in [2.75, 3.05) is 24.5 Å². The van der Waals surface area contributed by atoms with Gasteiger partial charge in [0.2, 0.25) is 11.9 Å². The van der Waals surface area contributed by atoms with Crippen molar-refractivity contribution >= 4 is 33.4 Å². The number of anilines is 1. The Hall–Kier alpha value is -2.67. The Morgan fingerprint density at radius 2 is 1.93 bits per heavy atom. The van der Waals surface area contributed by atoms with Gasteiger partial charge in [0.25, 0.3) is 5.56 Å². The Kier molecular flexibility index (Phi) is 6.47. The van der Waals surface area contributed by atoms with Crippen LogP contribution in [-0.2, 0) is 11.3 Å². The average Bonchev–Trinajstić information content (AvgIpc) is 3.27. The van der Waals surface area contributed by atoms with E-state index in [0.717, 1.165) is 31.4 Å². The molecule has 1 saturated heterocycles. The zero-order valence-corrected chi connectivity index (χ0v) is 18.2. The van der Waals surface area contributed by atoms with Crippen LogP contribution in [0, 0.1) is 0 Å². The first-order chi connectivity index (χ1) is 14.6. The third-order valence-corrected chi connectivity index (χ3v) is 6.61. The van der Waals surface area contributed by atoms with Crippen LogP contribution in [0.3, 0.4) is 0 Å². The standard InChI is InChI=1S/C23H28N4O2S/c1-17(18-8-4-2-5-9-18)16-24-20(28)10-14-27-22(29)21-19(11-15-30-21)25-23(27)26-12-6-3-7-13-26/h2,4-5,8-9,11,15,17H,3,6-7,10,12-14,16H2,1H3,(H,24,28)/t17-/m0/s1. The van der Waals surface area contributed by atoms with Gasteiger partial charge in [-0.3, -0.25) is 14.2 Å². The number of carbonyl (C=O) groups excluding carboxylic acids is 1. The van der Waals surface area contributed by atoms with E-state index in [1.54, 1.807) is 4.57 Å². The molecule has 0 bridgehead atoms. The van der Waals surface area contributed by atoms with Crippen LogP contribution in [-0.4, -0.2) is 35.1 Å². The van der Waals surface area contributed by atoms with Crippen molar-refractivity contribution in [2.24, 2.45) is 0 Å². The minimum atomic E-state index is -0.0412. The molecule has 1 amide bonds. The molecule has 1 fully saturated rings. The molecule has 1 aliphatic heterocycles. The summed E-state index contributed by atoms with van der Waals surface area (Å²) in [6.45, 7) is 4.84. The molecule has 4 rings (SSSR count). The van der Waals surface area contributed by atoms with Gasteiger partial charge in [-0.1, -0.05) is 37.3 Å². The van der Waals surface area contributed by atoms with Crippen molar-refractivity contribution in [3.05, 3.63) is 57.7 Å². The second kappa shape index (κ2) is 9.43. The van der Waals surface area contributed by atoms with Crippen LogP contribution < -0.4 is 15.8 Å². The molecule has 7 heteroatoms. The maximum Gasteiger partial charge on any atom is 0.272 e. The number of amides is 1. The molecule has 0 aliphatic carbocycles. The Morgan fingerprint density at radius 3 is 2.70 bits per heavy atom. The summed E-state index contributed by atoms with van der Waals surface area (Å²) in [6.07, 6.45) is 3.69. The number of piperidine rings is 1. The van der Waals surface area contributed by atoms with Gasteiger partial charge in [-0.2, -0.15) is 0 Å². The molecule has 3 aromatic rings. The maximum absolute atomic E-state index is 13.1. The van der Waals surface area contributed by atoms with Crippen LogP contribution in [0.5, 0.6) is 0 Å². The van der Waals surface area contributed by atoms with Crippen molar-refractivity contribution in [3.63, 3.8) is 0 Å². The molecule has 30 heavy (non-hydrogen) atoms. The minimum Gasteiger partial charge on any atom is -0.355 e. The summed E-state index contributed by atoms with van der Waals surface area (Å²) in [5.41, 5.74) is 1.91. The lowest BCUT2D eigenvalue weighted by atomic mass is 10.0. The number of rotatable bonds is 7. The monoisotopic (exact) mass is 424 g/mol. The predicted molar refractivity (Wildman–Crippen MR) is 122 cm³/mol. The van der Waals surface area contributed by atoms with E-state index >= 15 is 0 Å². The lowest BCUT2D eigenvalue weighted by molar-refractivity contribution is -0.121. The zero-order chi connectivity index (χ0) is 20.9. The first-order valence-electron chi connectivity index (χ1n) is 10.7. The van der Waals surface area contributed by atoms with Crippen molar-refractivity contribution in [1.82, 2.24) is 14.9 Å². The third-order valence-electron chi connectivity index (χ3n) is 5.72. The lowest BCUT2D eigenvalue weighted by Crippen LogP contribution is -2.37. The summed E-state index contributed by atoms with van der Waals surface area (Å²) in [6, 6.07) is 12.1. The molecular formula is C23H28N4O2S. The zero-order valence-electron chi connectivity index (χ0n) is 17.3. The molecule has 0 spiro atoms. The van der Waals surface area contributed by atoms with Crippen LogP contribution >= 0.6 is 11.3 Å². The number of thiophene rings is 1. The van der Waals surface area contributed by atoms with Gasteiger partial charge in [-0.05, 0) is 42.2 Å². The highest BCUT2D eigenvalue weighted by atomic mass is 32.1. The molecule has 2 aromatic heterocycles. The number of aromatic nitrogens is 2. The van der Waals surface area contributed by atoms with E-state index in [9.17, 15) is 9.59 Å². The van der Waals surface area contributed by atoms with Crippen LogP contribution in [0.1, 0.15) is 44.1 Å². The number of benzene rings is 1. The summed E-state index contributed by atoms with van der Waals surface area (Å²) in [5.74, 6) is 0.905. The molecule has 6 nitrogen and oxygen atoms in total. The summed E-state index contributed by atoms with van der Waals surface area (Å²) in [4.78, 5) is 32.6. The highest BCUT2D eigenvalue weighted by molar-refractivity contribution is 7.17. The van der Waals surface area contributed by atoms with Crippen LogP contribution in [0.25, 0.3) is 10.2 Å². The van der Waals surface area contributed by atoms with E-state index in [1.165, 1.54) is 23.3 Å². The average molecular weight is 425 g/mol. The number of nitrogens with one attached hydrogen (secondary N) is 1. The molecule has 3 heterocycles. The number of hydrogen-bond donors (Lipinski definition) is 1. The van der Waals surface area contributed by atoms with Gasteiger partial charge in [-0.25, -0.2) is 4.98 Å². The molecular weight excluding hydrogens is 396 g/mol. The molecule has 1 aliphatic rings. The summed E-state index contributed by atoms with van der Waals surface area (Å²) in [5, 5.41) is 4.92. The second-order valence-electron chi connectivity index (χ2n) is 7.92. The molecule has 1 N–H and O–H groups in total. The van der Waals surface area contributed by atoms with Gasteiger partial charge < -0.3 is 10.2 Å². The van der Waals surface area contributed by atoms with Gasteiger partial charge in [-0.15, -0.1) is 11.3 Å². The molecule has 1 aromatic carbocycles. The number of hydrogen-bond acceptors (Lipinski definition) is 5. The quantitative estimate of drug-likeness (QED) is 0.627. The fraction of sp³-hybridized carbons (Fsp3) is 0.435. The van der Waals surface area contributed by atoms with Gasteiger partial charge in [0.05, 0.1) is 5.52 Å². The predicted octanol–water partition coefficient (Wildman–Crippen LogP) is 3.76. The van der Waals surface area contributed by atoms with E-state index in [2.05, 4.69) is 29.3 Å². The first kappa shape index (κ1) is 20.6. The Balaban J connectivity index is 1.45. The van der Waals surface area contributed by atoms with E-state index in [1.807, 2.05) is 29.6 Å². The number of nitrogens with zero attached hydrogens (tertiary/aromatic N) is 3. The van der Waals surface area contributed by atoms with Crippen LogP contribution in [0.4, 0.5) is 5.95 Å². The Labute approximate surface area is 180 Å². The lowest BCUT2D eigenvalue weighted by Gasteiger charge is -2.29. The maximum atomic E-state index is 13.1. The topological polar surface area (TPSA) is 67.2 Å². The SMILES string of the molecule is C[C@@H](CNC(=O)CCn1c(N2CCCCC2)nc2ccsc2c1=O)c1ccccc1. The number of fused-ring (bicyclic) bond motifs is 1. The minimum absolute atomic E-state index is 0.0407. The smallest absolute Gasteiger partial charge is 0.272 e. The Bertz CT molecular complexity index is 1050. The normalized spacial score (nSPS) is 15.3. The molecule has 0 radical (unpaired) electrons. The summed E-state index contributed by atoms with van der Waals surface area (Å²) < 4.78 is 2.36. The van der Waals surface area contributed by atoms with E-state index in [0.29, 0.717) is 23.7 Å². The Morgan fingerprint density at radius 1 is 1.17 bits per heavy atom. The van der Waals surface area contributed by atoms with Gasteiger partial charge >= 0.3 is 0 Å². The highest BCUT2D eigenvalue weighted by Crippen LogP contribution is 2.22. The highest BCUT2D eigenvalue weighted by Gasteiger charge is 2.20. The van der Waals surface area contributed by atoms with E-state index in [4.69, 9.17) is 4.98 Å². The molecule has 0 saturated carbocycles. The molecule has 158 valence electrons.